The second-order valence-electron chi connectivity index (χ2n) is 0. The van der Waals surface area contributed by atoms with Crippen molar-refractivity contribution in [1.82, 2.24) is 6.15 Å². The summed E-state index contributed by atoms with van der Waals surface area (Å²) in [5.41, 5.74) is 0. The lowest BCUT2D eigenvalue weighted by Gasteiger charge is -1.00. The fourth-order valence-electron chi connectivity index (χ4n) is 0. The maximum Gasteiger partial charge on any atom is -0.369 e. The molecule has 0 radical (unpaired) electrons. The van der Waals surface area contributed by atoms with Crippen molar-refractivity contribution in [3.05, 3.63) is 0 Å². The average Bonchev–Trinajstić information content (AvgIpc) is 0. The van der Waals surface area contributed by atoms with E-state index in [2.05, 4.69) is 0 Å². The second kappa shape index (κ2) is 80.8. The highest BCUT2D eigenvalue weighted by atomic mass is 79.9. The van der Waals surface area contributed by atoms with E-state index in [0.29, 0.717) is 0 Å². The van der Waals surface area contributed by atoms with Crippen LogP contribution in [0.15, 0.2) is 0 Å². The molecule has 0 aliphatic carbocycles. The molecular formula is H4BrCl4N-4. The number of halogens is 5. The van der Waals surface area contributed by atoms with Gasteiger partial charge in [0, 0.05) is 0 Å². The van der Waals surface area contributed by atoms with E-state index in [1.807, 2.05) is 0 Å². The monoisotopic (exact) mass is 237 g/mol. The van der Waals surface area contributed by atoms with E-state index in [-0.39, 0.29) is 72.8 Å². The Hall–Kier alpha value is 1.60. The standard InChI is InChI=1S/BrH.4ClH.H3N/h5*1H;1H3/p-4. The first-order chi connectivity index (χ1) is 0. The van der Waals surface area contributed by atoms with Crippen LogP contribution in [0, 0.1) is 0 Å². The molecule has 6 heavy (non-hydrogen) atoms. The van der Waals surface area contributed by atoms with Crippen LogP contribution in [0.4, 0.5) is 0 Å². The largest absolute Gasteiger partial charge is 1.00 e. The Bertz CT molecular complexity index is 7.51. The molecule has 0 spiro atoms. The van der Waals surface area contributed by atoms with Gasteiger partial charge in [0.1, 0.15) is 0 Å². The van der Waals surface area contributed by atoms with Crippen molar-refractivity contribution >= 4 is 0 Å². The Balaban J connectivity index is 0. The van der Waals surface area contributed by atoms with E-state index >= 15 is 0 Å². The summed E-state index contributed by atoms with van der Waals surface area (Å²) < 4.78 is 0. The predicted molar refractivity (Wildman–Crippen MR) is 5.98 cm³/mol. The van der Waals surface area contributed by atoms with Crippen LogP contribution in [-0.2, 0) is 0 Å². The average molecular weight is 240 g/mol. The Morgan fingerprint density at radius 3 is 0.500 bits per heavy atom. The van der Waals surface area contributed by atoms with Crippen LogP contribution in [0.25, 0.3) is 0 Å². The van der Waals surface area contributed by atoms with E-state index in [1.54, 1.807) is 0 Å². The Labute approximate surface area is 72.6 Å². The molecule has 48 valence electrons. The predicted octanol–water partition coefficient (Wildman–Crippen LogP) is -14.6. The van der Waals surface area contributed by atoms with Gasteiger partial charge in [-0.2, -0.15) is 0 Å². The highest BCUT2D eigenvalue weighted by Gasteiger charge is -0.369. The smallest absolute Gasteiger partial charge is 0.369 e. The van der Waals surface area contributed by atoms with Gasteiger partial charge >= 0.3 is 0 Å². The molecule has 4 N–H and O–H groups in total. The molecular weight excluding hydrogens is 236 g/mol. The molecule has 6 heteroatoms. The normalized spacial score (nSPS) is 0. The van der Waals surface area contributed by atoms with Crippen molar-refractivity contribution in [2.24, 2.45) is 0 Å². The van der Waals surface area contributed by atoms with E-state index in [1.165, 1.54) is 0 Å². The summed E-state index contributed by atoms with van der Waals surface area (Å²) in [6.07, 6.45) is 0. The lowest BCUT2D eigenvalue weighted by Crippen LogP contribution is -3.00. The summed E-state index contributed by atoms with van der Waals surface area (Å²) in [6, 6.07) is 0. The van der Waals surface area contributed by atoms with Gasteiger partial charge in [-0.15, -0.1) is 0 Å². The van der Waals surface area contributed by atoms with Crippen LogP contribution in [0.1, 0.15) is 0 Å². The Kier molecular flexibility index (Phi) is 1740. The van der Waals surface area contributed by atoms with Crippen molar-refractivity contribution in [2.45, 2.75) is 0 Å². The van der Waals surface area contributed by atoms with Crippen LogP contribution >= 0.6 is 0 Å². The summed E-state index contributed by atoms with van der Waals surface area (Å²) in [7, 11) is 0. The van der Waals surface area contributed by atoms with Crippen molar-refractivity contribution in [2.75, 3.05) is 0 Å². The van der Waals surface area contributed by atoms with Crippen LogP contribution in [0.3, 0.4) is 0 Å². The summed E-state index contributed by atoms with van der Waals surface area (Å²) in [5.74, 6) is 0. The third kappa shape index (κ3) is 46.3. The number of hydrogen-bond acceptors (Lipinski definition) is 0. The SMILES string of the molecule is [Br-].[Cl-].[Cl-].[Cl-].[Cl-].[NH4+]. The fourth-order valence-corrected chi connectivity index (χ4v) is 0. The Morgan fingerprint density at radius 1 is 0.500 bits per heavy atom. The van der Waals surface area contributed by atoms with Gasteiger partial charge in [-0.1, -0.05) is 0 Å². The van der Waals surface area contributed by atoms with Gasteiger partial charge in [-0.05, 0) is 0 Å². The third-order valence-electron chi connectivity index (χ3n) is 0. The number of hydrogen-bond donors (Lipinski definition) is 1. The van der Waals surface area contributed by atoms with Crippen molar-refractivity contribution in [1.29, 1.82) is 0 Å². The lowest BCUT2D eigenvalue weighted by atomic mass is 14.0. The molecule has 0 aromatic carbocycles. The topological polar surface area (TPSA) is 36.5 Å². The first kappa shape index (κ1) is 129. The van der Waals surface area contributed by atoms with Gasteiger partial charge in [0.15, 0.2) is 0 Å². The molecule has 0 aliphatic rings. The minimum absolute atomic E-state index is 0. The van der Waals surface area contributed by atoms with Crippen LogP contribution in [0.2, 0.25) is 0 Å². The molecule has 0 aromatic rings. The summed E-state index contributed by atoms with van der Waals surface area (Å²) in [5, 5.41) is 0. The van der Waals surface area contributed by atoms with E-state index in [9.17, 15) is 0 Å². The van der Waals surface area contributed by atoms with Gasteiger partial charge in [0.2, 0.25) is 0 Å². The molecule has 0 bridgehead atoms. The molecule has 0 fully saturated rings. The molecule has 0 atom stereocenters. The minimum atomic E-state index is 0. The van der Waals surface area contributed by atoms with E-state index < -0.39 is 0 Å². The van der Waals surface area contributed by atoms with Crippen LogP contribution < -0.4 is 72.8 Å². The summed E-state index contributed by atoms with van der Waals surface area (Å²) >= 11 is 0. The molecule has 0 amide bonds. The van der Waals surface area contributed by atoms with Gasteiger partial charge in [0.25, 0.3) is 0 Å². The summed E-state index contributed by atoms with van der Waals surface area (Å²) in [6.45, 7) is 0. The molecule has 0 aliphatic heterocycles. The first-order valence-corrected chi connectivity index (χ1v) is 0. The third-order valence-corrected chi connectivity index (χ3v) is 0. The van der Waals surface area contributed by atoms with Gasteiger partial charge in [-0.25, -0.2) is 0 Å². The maximum absolute atomic E-state index is 0. The highest BCUT2D eigenvalue weighted by molar-refractivity contribution is 2.13. The van der Waals surface area contributed by atoms with Crippen molar-refractivity contribution < 1.29 is 66.6 Å². The first-order valence-electron chi connectivity index (χ1n) is 0. The second-order valence-corrected chi connectivity index (χ2v) is 0. The number of rotatable bonds is 0. The van der Waals surface area contributed by atoms with Gasteiger partial charge in [0.05, 0.1) is 0 Å². The highest BCUT2D eigenvalue weighted by Crippen LogP contribution is -0.481. The number of quaternary nitrogens is 1. The van der Waals surface area contributed by atoms with Crippen molar-refractivity contribution in [3.63, 3.8) is 0 Å². The molecule has 0 unspecified atom stereocenters. The molecule has 1 nitrogen and oxygen atoms in total. The molecule has 0 rings (SSSR count). The van der Waals surface area contributed by atoms with E-state index in [0.717, 1.165) is 0 Å². The van der Waals surface area contributed by atoms with E-state index in [4.69, 9.17) is 0 Å². The lowest BCUT2D eigenvalue weighted by molar-refractivity contribution is -0.00100. The molecule has 0 heterocycles. The van der Waals surface area contributed by atoms with Crippen LogP contribution in [-0.4, -0.2) is 0 Å². The zero-order valence-corrected chi connectivity index (χ0v) is 7.50. The quantitative estimate of drug-likeness (QED) is 0.436. The molecule has 0 saturated carbocycles. The molecule has 0 aromatic heterocycles. The van der Waals surface area contributed by atoms with Crippen LogP contribution in [0.5, 0.6) is 0 Å². The minimum Gasteiger partial charge on any atom is -1.00 e. The summed E-state index contributed by atoms with van der Waals surface area (Å²) in [4.78, 5) is 0. The fraction of sp³-hybridized carbons (Fsp3) is 0. The molecule has 0 saturated heterocycles. The van der Waals surface area contributed by atoms with Gasteiger partial charge < -0.3 is 72.8 Å². The zero-order valence-electron chi connectivity index (χ0n) is 2.89. The van der Waals surface area contributed by atoms with Gasteiger partial charge in [-0.3, -0.25) is 0 Å². The zero-order chi connectivity index (χ0) is 0. The Morgan fingerprint density at radius 2 is 0.500 bits per heavy atom. The maximum atomic E-state index is 0. The van der Waals surface area contributed by atoms with Crippen molar-refractivity contribution in [3.8, 4) is 0 Å².